The van der Waals surface area contributed by atoms with Crippen molar-refractivity contribution < 1.29 is 9.90 Å². The van der Waals surface area contributed by atoms with Gasteiger partial charge in [0, 0.05) is 23.3 Å². The second kappa shape index (κ2) is 3.02. The molecule has 5 heteroatoms. The molecule has 0 unspecified atom stereocenters. The minimum atomic E-state index is -0.941. The quantitative estimate of drug-likeness (QED) is 0.766. The number of nitrogens with one attached hydrogen (secondary N) is 1. The van der Waals surface area contributed by atoms with Crippen molar-refractivity contribution in [2.75, 3.05) is 0 Å². The largest absolute Gasteiger partial charge is 0.478 e. The zero-order valence-electron chi connectivity index (χ0n) is 6.52. The van der Waals surface area contributed by atoms with E-state index in [0.717, 1.165) is 0 Å². The van der Waals surface area contributed by atoms with Crippen LogP contribution in [0.15, 0.2) is 23.3 Å². The molecule has 4 nitrogen and oxygen atoms in total. The zero-order chi connectivity index (χ0) is 9.26. The van der Waals surface area contributed by atoms with Crippen LogP contribution >= 0.6 is 11.3 Å². The first kappa shape index (κ1) is 8.00. The third-order valence-electron chi connectivity index (χ3n) is 1.68. The fourth-order valence-electron chi connectivity index (χ4n) is 1.10. The highest BCUT2D eigenvalue weighted by Gasteiger charge is 2.13. The predicted molar refractivity (Wildman–Crippen MR) is 48.9 cm³/mol. The van der Waals surface area contributed by atoms with Gasteiger partial charge >= 0.3 is 5.97 Å². The summed E-state index contributed by atoms with van der Waals surface area (Å²) in [6, 6.07) is 0. The Kier molecular flexibility index (Phi) is 1.86. The first-order valence-electron chi connectivity index (χ1n) is 3.57. The van der Waals surface area contributed by atoms with E-state index >= 15 is 0 Å². The summed E-state index contributed by atoms with van der Waals surface area (Å²) in [5.41, 5.74) is 3.26. The number of carboxylic acids is 1. The van der Waals surface area contributed by atoms with E-state index in [1.165, 1.54) is 17.5 Å². The summed E-state index contributed by atoms with van der Waals surface area (Å²) >= 11 is 1.44. The van der Waals surface area contributed by atoms with Gasteiger partial charge in [-0.1, -0.05) is 0 Å². The molecule has 0 amide bonds. The number of rotatable bonds is 2. The SMILES string of the molecule is O=C(O)c1c[nH]cc1-c1cscn1. The number of thiazole rings is 1. The number of nitrogens with zero attached hydrogens (tertiary/aromatic N) is 1. The summed E-state index contributed by atoms with van der Waals surface area (Å²) in [6.45, 7) is 0. The van der Waals surface area contributed by atoms with Crippen LogP contribution in [0.25, 0.3) is 11.3 Å². The molecule has 0 bridgehead atoms. The van der Waals surface area contributed by atoms with Crippen molar-refractivity contribution in [3.05, 3.63) is 28.8 Å². The average molecular weight is 194 g/mol. The standard InChI is InChI=1S/C8H6N2O2S/c11-8(12)6-2-9-1-5(6)7-3-13-4-10-7/h1-4,9H,(H,11,12). The van der Waals surface area contributed by atoms with Crippen LogP contribution in [0.4, 0.5) is 0 Å². The molecule has 0 aliphatic heterocycles. The molecule has 2 rings (SSSR count). The molecule has 2 aromatic rings. The molecule has 2 aromatic heterocycles. The first-order valence-corrected chi connectivity index (χ1v) is 4.52. The topological polar surface area (TPSA) is 66.0 Å². The van der Waals surface area contributed by atoms with Crippen LogP contribution in [0.3, 0.4) is 0 Å². The smallest absolute Gasteiger partial charge is 0.337 e. The molecule has 0 atom stereocenters. The summed E-state index contributed by atoms with van der Waals surface area (Å²) in [5, 5.41) is 10.6. The van der Waals surface area contributed by atoms with Crippen LogP contribution in [0, 0.1) is 0 Å². The average Bonchev–Trinajstić information content (AvgIpc) is 2.74. The van der Waals surface area contributed by atoms with Gasteiger partial charge in [-0.15, -0.1) is 11.3 Å². The number of aromatic nitrogens is 2. The third kappa shape index (κ3) is 1.33. The van der Waals surface area contributed by atoms with Gasteiger partial charge in [0.2, 0.25) is 0 Å². The number of carboxylic acid groups (broad SMARTS) is 1. The molecule has 0 radical (unpaired) electrons. The lowest BCUT2D eigenvalue weighted by Gasteiger charge is -1.93. The normalized spacial score (nSPS) is 10.2. The molecule has 66 valence electrons. The summed E-state index contributed by atoms with van der Waals surface area (Å²) in [7, 11) is 0. The Morgan fingerprint density at radius 3 is 3.00 bits per heavy atom. The minimum Gasteiger partial charge on any atom is -0.478 e. The predicted octanol–water partition coefficient (Wildman–Crippen LogP) is 1.84. The van der Waals surface area contributed by atoms with Crippen molar-refractivity contribution in [1.29, 1.82) is 0 Å². The molecule has 0 fully saturated rings. The number of hydrogen-bond donors (Lipinski definition) is 2. The number of aromatic carboxylic acids is 1. The third-order valence-corrected chi connectivity index (χ3v) is 2.27. The van der Waals surface area contributed by atoms with Crippen molar-refractivity contribution in [3.63, 3.8) is 0 Å². The van der Waals surface area contributed by atoms with Crippen molar-refractivity contribution >= 4 is 17.3 Å². The van der Waals surface area contributed by atoms with Gasteiger partial charge in [-0.25, -0.2) is 9.78 Å². The minimum absolute atomic E-state index is 0.255. The Morgan fingerprint density at radius 2 is 2.38 bits per heavy atom. The Balaban J connectivity index is 2.52. The van der Waals surface area contributed by atoms with Crippen LogP contribution in [-0.4, -0.2) is 21.0 Å². The Labute approximate surface area is 77.9 Å². The number of aromatic amines is 1. The zero-order valence-corrected chi connectivity index (χ0v) is 7.34. The highest BCUT2D eigenvalue weighted by Crippen LogP contribution is 2.22. The second-order valence-electron chi connectivity index (χ2n) is 2.46. The molecular weight excluding hydrogens is 188 g/mol. The molecule has 0 saturated heterocycles. The molecule has 0 aliphatic rings. The number of hydrogen-bond acceptors (Lipinski definition) is 3. The van der Waals surface area contributed by atoms with Crippen LogP contribution in [-0.2, 0) is 0 Å². The fourth-order valence-corrected chi connectivity index (χ4v) is 1.65. The number of carbonyl (C=O) groups is 1. The maximum absolute atomic E-state index is 10.7. The van der Waals surface area contributed by atoms with Gasteiger partial charge in [0.25, 0.3) is 0 Å². The van der Waals surface area contributed by atoms with E-state index < -0.39 is 5.97 Å². The molecule has 13 heavy (non-hydrogen) atoms. The monoisotopic (exact) mass is 194 g/mol. The molecule has 2 heterocycles. The summed E-state index contributed by atoms with van der Waals surface area (Å²) in [4.78, 5) is 17.5. The van der Waals surface area contributed by atoms with Crippen LogP contribution in [0.5, 0.6) is 0 Å². The van der Waals surface area contributed by atoms with Crippen LogP contribution in [0.1, 0.15) is 10.4 Å². The molecule has 0 aliphatic carbocycles. The van der Waals surface area contributed by atoms with E-state index in [4.69, 9.17) is 5.11 Å². The number of H-pyrrole nitrogens is 1. The van der Waals surface area contributed by atoms with E-state index in [1.54, 1.807) is 11.7 Å². The van der Waals surface area contributed by atoms with Crippen molar-refractivity contribution in [2.24, 2.45) is 0 Å². The van der Waals surface area contributed by atoms with Crippen molar-refractivity contribution in [3.8, 4) is 11.3 Å². The van der Waals surface area contributed by atoms with Crippen LogP contribution < -0.4 is 0 Å². The molecule has 0 spiro atoms. The van der Waals surface area contributed by atoms with E-state index in [-0.39, 0.29) is 5.56 Å². The molecule has 2 N–H and O–H groups in total. The highest BCUT2D eigenvalue weighted by atomic mass is 32.1. The van der Waals surface area contributed by atoms with Gasteiger partial charge in [-0.05, 0) is 0 Å². The van der Waals surface area contributed by atoms with Gasteiger partial charge in [0.05, 0.1) is 16.8 Å². The van der Waals surface area contributed by atoms with E-state index in [2.05, 4.69) is 9.97 Å². The van der Waals surface area contributed by atoms with Gasteiger partial charge < -0.3 is 10.1 Å². The first-order chi connectivity index (χ1) is 6.29. The summed E-state index contributed by atoms with van der Waals surface area (Å²) < 4.78 is 0. The Morgan fingerprint density at radius 1 is 1.54 bits per heavy atom. The lowest BCUT2D eigenvalue weighted by Crippen LogP contribution is -1.95. The van der Waals surface area contributed by atoms with Gasteiger partial charge in [-0.2, -0.15) is 0 Å². The van der Waals surface area contributed by atoms with Crippen molar-refractivity contribution in [2.45, 2.75) is 0 Å². The Hall–Kier alpha value is -1.62. The molecular formula is C8H6N2O2S. The lowest BCUT2D eigenvalue weighted by atomic mass is 10.1. The van der Waals surface area contributed by atoms with Crippen LogP contribution in [0.2, 0.25) is 0 Å². The summed E-state index contributed by atoms with van der Waals surface area (Å²) in [5.74, 6) is -0.941. The van der Waals surface area contributed by atoms with Gasteiger partial charge in [0.1, 0.15) is 0 Å². The molecule has 0 saturated carbocycles. The van der Waals surface area contributed by atoms with Gasteiger partial charge in [-0.3, -0.25) is 0 Å². The Bertz CT molecular complexity index is 419. The molecule has 0 aromatic carbocycles. The van der Waals surface area contributed by atoms with Crippen molar-refractivity contribution in [1.82, 2.24) is 9.97 Å². The van der Waals surface area contributed by atoms with E-state index in [1.807, 2.05) is 5.38 Å². The van der Waals surface area contributed by atoms with E-state index in [9.17, 15) is 4.79 Å². The maximum Gasteiger partial charge on any atom is 0.337 e. The second-order valence-corrected chi connectivity index (χ2v) is 3.18. The van der Waals surface area contributed by atoms with E-state index in [0.29, 0.717) is 11.3 Å². The fraction of sp³-hybridized carbons (Fsp3) is 0. The summed E-state index contributed by atoms with van der Waals surface area (Å²) in [6.07, 6.45) is 3.09. The highest BCUT2D eigenvalue weighted by molar-refractivity contribution is 7.07. The lowest BCUT2D eigenvalue weighted by molar-refractivity contribution is 0.0698. The maximum atomic E-state index is 10.7. The van der Waals surface area contributed by atoms with Gasteiger partial charge in [0.15, 0.2) is 0 Å².